The zero-order valence-corrected chi connectivity index (χ0v) is 12.5. The number of benzene rings is 1. The largest absolute Gasteiger partial charge is 0.432 e. The van der Waals surface area contributed by atoms with Gasteiger partial charge in [-0.15, -0.1) is 0 Å². The van der Waals surface area contributed by atoms with Crippen LogP contribution in [0.2, 0.25) is 5.02 Å². The van der Waals surface area contributed by atoms with Crippen LogP contribution in [0.25, 0.3) is 0 Å². The van der Waals surface area contributed by atoms with E-state index in [0.29, 0.717) is 23.7 Å². The van der Waals surface area contributed by atoms with Gasteiger partial charge in [0.1, 0.15) is 5.75 Å². The molecule has 1 unspecified atom stereocenters. The predicted molar refractivity (Wildman–Crippen MR) is 79.4 cm³/mol. The Morgan fingerprint density at radius 3 is 2.95 bits per heavy atom. The first-order valence-electron chi connectivity index (χ1n) is 5.86. The van der Waals surface area contributed by atoms with Crippen molar-refractivity contribution in [3.8, 4) is 5.75 Å². The van der Waals surface area contributed by atoms with Crippen LogP contribution in [0.15, 0.2) is 24.3 Å². The average molecular weight is 320 g/mol. The van der Waals surface area contributed by atoms with Gasteiger partial charge in [-0.2, -0.15) is 0 Å². The molecule has 1 heterocycles. The van der Waals surface area contributed by atoms with Crippen molar-refractivity contribution >= 4 is 38.8 Å². The summed E-state index contributed by atoms with van der Waals surface area (Å²) in [5.74, 6) is 1.15. The van der Waals surface area contributed by atoms with Gasteiger partial charge in [-0.25, -0.2) is 8.42 Å². The lowest BCUT2D eigenvalue weighted by Gasteiger charge is -2.12. The highest BCUT2D eigenvalue weighted by molar-refractivity contribution is 7.91. The van der Waals surface area contributed by atoms with Gasteiger partial charge in [0.15, 0.2) is 9.84 Å². The molecule has 1 saturated heterocycles. The van der Waals surface area contributed by atoms with Crippen LogP contribution in [0.4, 0.5) is 0 Å². The number of hydrogen-bond donors (Lipinski definition) is 1. The molecule has 0 amide bonds. The van der Waals surface area contributed by atoms with Crippen molar-refractivity contribution in [1.82, 2.24) is 5.32 Å². The van der Waals surface area contributed by atoms with E-state index >= 15 is 0 Å². The molecule has 104 valence electrons. The van der Waals surface area contributed by atoms with Crippen molar-refractivity contribution in [3.63, 3.8) is 0 Å². The number of nitrogens with one attached hydrogen (secondary N) is 1. The van der Waals surface area contributed by atoms with E-state index in [0.717, 1.165) is 0 Å². The molecule has 0 spiro atoms. The summed E-state index contributed by atoms with van der Waals surface area (Å²) in [6, 6.07) is 6.92. The fourth-order valence-electron chi connectivity index (χ4n) is 1.93. The summed E-state index contributed by atoms with van der Waals surface area (Å²) in [4.78, 5) is 0. The van der Waals surface area contributed by atoms with Crippen molar-refractivity contribution < 1.29 is 13.2 Å². The minimum atomic E-state index is -2.85. The summed E-state index contributed by atoms with van der Waals surface area (Å²) in [5.41, 5.74) is 0. The molecular weight excluding hydrogens is 306 g/mol. The van der Waals surface area contributed by atoms with E-state index in [1.807, 2.05) is 0 Å². The topological polar surface area (TPSA) is 55.4 Å². The fraction of sp³-hybridized carbons (Fsp3) is 0.417. The molecule has 2 rings (SSSR count). The molecule has 1 aromatic rings. The smallest absolute Gasteiger partial charge is 0.262 e. The number of rotatable bonds is 3. The third-order valence-corrected chi connectivity index (χ3v) is 5.17. The van der Waals surface area contributed by atoms with Crippen molar-refractivity contribution in [2.24, 2.45) is 5.92 Å². The molecule has 0 bridgehead atoms. The second-order valence-corrected chi connectivity index (χ2v) is 7.53. The molecule has 1 aliphatic rings. The van der Waals surface area contributed by atoms with E-state index in [4.69, 9.17) is 28.6 Å². The van der Waals surface area contributed by atoms with E-state index in [1.54, 1.807) is 24.3 Å². The fourth-order valence-corrected chi connectivity index (χ4v) is 4.16. The number of ether oxygens (including phenoxy) is 1. The van der Waals surface area contributed by atoms with Crippen molar-refractivity contribution in [2.75, 3.05) is 18.1 Å². The highest BCUT2D eigenvalue weighted by Gasteiger charge is 2.27. The zero-order valence-electron chi connectivity index (χ0n) is 10.1. The minimum Gasteiger partial charge on any atom is -0.432 e. The van der Waals surface area contributed by atoms with E-state index < -0.39 is 9.84 Å². The summed E-state index contributed by atoms with van der Waals surface area (Å²) in [6.07, 6.45) is 0.676. The molecule has 0 aliphatic carbocycles. The number of halogens is 1. The predicted octanol–water partition coefficient (Wildman–Crippen LogP) is 2.03. The molecule has 0 radical (unpaired) electrons. The first-order chi connectivity index (χ1) is 8.94. The van der Waals surface area contributed by atoms with Crippen LogP contribution in [-0.4, -0.2) is 31.6 Å². The average Bonchev–Trinajstić information content (AvgIpc) is 2.66. The Kier molecular flexibility index (Phi) is 4.65. The van der Waals surface area contributed by atoms with Crippen LogP contribution in [0.5, 0.6) is 5.75 Å². The Balaban J connectivity index is 1.79. The van der Waals surface area contributed by atoms with Crippen molar-refractivity contribution in [2.45, 2.75) is 6.42 Å². The third kappa shape index (κ3) is 4.63. The standard InChI is InChI=1S/C12H14ClNO3S2/c13-10-2-1-3-11(6-10)17-12(18)14-7-9-4-5-19(15,16)8-9/h1-3,6,9H,4-5,7-8H2,(H,14,18). The van der Waals surface area contributed by atoms with Gasteiger partial charge >= 0.3 is 0 Å². The SMILES string of the molecule is O=S1(=O)CCC(CNC(=S)Oc2cccc(Cl)c2)C1. The van der Waals surface area contributed by atoms with Gasteiger partial charge < -0.3 is 10.1 Å². The Bertz CT molecular complexity index is 574. The van der Waals surface area contributed by atoms with Crippen molar-refractivity contribution in [1.29, 1.82) is 0 Å². The Labute approximate surface area is 123 Å². The van der Waals surface area contributed by atoms with Gasteiger partial charge in [0.25, 0.3) is 5.17 Å². The second-order valence-electron chi connectivity index (χ2n) is 4.50. The van der Waals surface area contributed by atoms with Gasteiger partial charge in [-0.1, -0.05) is 17.7 Å². The lowest BCUT2D eigenvalue weighted by molar-refractivity contribution is 0.502. The summed E-state index contributed by atoms with van der Waals surface area (Å²) in [6.45, 7) is 0.513. The van der Waals surface area contributed by atoms with Gasteiger partial charge in [0.2, 0.25) is 0 Å². The van der Waals surface area contributed by atoms with Crippen LogP contribution in [-0.2, 0) is 9.84 Å². The minimum absolute atomic E-state index is 0.103. The molecule has 1 aliphatic heterocycles. The van der Waals surface area contributed by atoms with E-state index in [9.17, 15) is 8.42 Å². The monoisotopic (exact) mass is 319 g/mol. The molecule has 1 fully saturated rings. The van der Waals surface area contributed by atoms with E-state index in [1.165, 1.54) is 0 Å². The molecule has 7 heteroatoms. The Hall–Kier alpha value is -0.850. The van der Waals surface area contributed by atoms with Crippen LogP contribution in [0.1, 0.15) is 6.42 Å². The first kappa shape index (κ1) is 14.6. The van der Waals surface area contributed by atoms with Gasteiger partial charge in [0.05, 0.1) is 11.5 Å². The molecule has 1 atom stereocenters. The maximum absolute atomic E-state index is 11.3. The highest BCUT2D eigenvalue weighted by atomic mass is 35.5. The maximum atomic E-state index is 11.3. The van der Waals surface area contributed by atoms with Gasteiger partial charge in [0, 0.05) is 11.6 Å². The van der Waals surface area contributed by atoms with Gasteiger partial charge in [-0.05, 0) is 42.8 Å². The van der Waals surface area contributed by atoms with Crippen LogP contribution in [0, 0.1) is 5.92 Å². The molecule has 1 aromatic carbocycles. The lowest BCUT2D eigenvalue weighted by atomic mass is 10.1. The summed E-state index contributed by atoms with van der Waals surface area (Å²) < 4.78 is 28.0. The maximum Gasteiger partial charge on any atom is 0.262 e. The molecule has 1 N–H and O–H groups in total. The van der Waals surface area contributed by atoms with Gasteiger partial charge in [-0.3, -0.25) is 0 Å². The summed E-state index contributed by atoms with van der Waals surface area (Å²) >= 11 is 10.9. The van der Waals surface area contributed by atoms with E-state index in [-0.39, 0.29) is 22.6 Å². The number of thiocarbonyl (C=S) groups is 1. The molecule has 4 nitrogen and oxygen atoms in total. The lowest BCUT2D eigenvalue weighted by Crippen LogP contribution is -2.31. The molecule has 0 aromatic heterocycles. The Morgan fingerprint density at radius 2 is 2.32 bits per heavy atom. The summed E-state index contributed by atoms with van der Waals surface area (Å²) in [7, 11) is -2.85. The first-order valence-corrected chi connectivity index (χ1v) is 8.47. The summed E-state index contributed by atoms with van der Waals surface area (Å²) in [5, 5.41) is 3.73. The van der Waals surface area contributed by atoms with Crippen LogP contribution >= 0.6 is 23.8 Å². The quantitative estimate of drug-likeness (QED) is 0.864. The number of sulfone groups is 1. The molecule has 19 heavy (non-hydrogen) atoms. The molecule has 0 saturated carbocycles. The van der Waals surface area contributed by atoms with Crippen LogP contribution in [0.3, 0.4) is 0 Å². The normalized spacial score (nSPS) is 21.0. The zero-order chi connectivity index (χ0) is 13.9. The highest BCUT2D eigenvalue weighted by Crippen LogP contribution is 2.18. The van der Waals surface area contributed by atoms with E-state index in [2.05, 4.69) is 5.32 Å². The third-order valence-electron chi connectivity index (χ3n) is 2.87. The molecular formula is C12H14ClNO3S2. The van der Waals surface area contributed by atoms with Crippen molar-refractivity contribution in [3.05, 3.63) is 29.3 Å². The second kappa shape index (κ2) is 6.07. The number of hydrogen-bond acceptors (Lipinski definition) is 4. The Morgan fingerprint density at radius 1 is 1.53 bits per heavy atom. The van der Waals surface area contributed by atoms with Crippen LogP contribution < -0.4 is 10.1 Å².